The molecule has 0 aromatic carbocycles. The molecule has 2 amide bonds. The van der Waals surface area contributed by atoms with Crippen LogP contribution < -0.4 is 0 Å². The number of aryl methyl sites for hydroxylation is 3. The molecule has 0 saturated carbocycles. The summed E-state index contributed by atoms with van der Waals surface area (Å²) in [5, 5.41) is 4.68. The van der Waals surface area contributed by atoms with Crippen LogP contribution in [0.5, 0.6) is 0 Å². The molecular formula is C22H29N5O2. The molecule has 29 heavy (non-hydrogen) atoms. The zero-order valence-electron chi connectivity index (χ0n) is 17.4. The number of carbonyl (C=O) groups is 2. The zero-order chi connectivity index (χ0) is 20.4. The molecule has 0 bridgehead atoms. The van der Waals surface area contributed by atoms with E-state index in [9.17, 15) is 9.59 Å². The van der Waals surface area contributed by atoms with Gasteiger partial charge in [-0.15, -0.1) is 0 Å². The summed E-state index contributed by atoms with van der Waals surface area (Å²) in [4.78, 5) is 33.7. The van der Waals surface area contributed by atoms with Crippen LogP contribution in [0.4, 0.5) is 0 Å². The Hall–Kier alpha value is -2.70. The fourth-order valence-electron chi connectivity index (χ4n) is 4.39. The van der Waals surface area contributed by atoms with E-state index in [4.69, 9.17) is 0 Å². The monoisotopic (exact) mass is 395 g/mol. The second-order valence-electron chi connectivity index (χ2n) is 8.08. The summed E-state index contributed by atoms with van der Waals surface area (Å²) < 4.78 is 1.92. The molecule has 0 atom stereocenters. The smallest absolute Gasteiger partial charge is 0.272 e. The number of rotatable bonds is 4. The third-order valence-electron chi connectivity index (χ3n) is 6.00. The predicted octanol–water partition coefficient (Wildman–Crippen LogP) is 2.27. The van der Waals surface area contributed by atoms with Crippen molar-refractivity contribution in [3.05, 3.63) is 46.5 Å². The summed E-state index contributed by atoms with van der Waals surface area (Å²) in [5.41, 5.74) is 4.55. The van der Waals surface area contributed by atoms with Crippen molar-refractivity contribution in [3.63, 3.8) is 0 Å². The number of carbonyl (C=O) groups excluding carboxylic acids is 2. The van der Waals surface area contributed by atoms with E-state index in [1.807, 2.05) is 40.6 Å². The number of likely N-dealkylation sites (tertiary alicyclic amines) is 1. The lowest BCUT2D eigenvalue weighted by molar-refractivity contribution is -0.132. The van der Waals surface area contributed by atoms with Crippen LogP contribution in [0.15, 0.2) is 18.2 Å². The second kappa shape index (κ2) is 8.35. The largest absolute Gasteiger partial charge is 0.343 e. The summed E-state index contributed by atoms with van der Waals surface area (Å²) in [6.07, 6.45) is 5.32. The van der Waals surface area contributed by atoms with Gasteiger partial charge in [0.25, 0.3) is 5.91 Å². The highest BCUT2D eigenvalue weighted by Crippen LogP contribution is 2.24. The summed E-state index contributed by atoms with van der Waals surface area (Å²) >= 11 is 0. The highest BCUT2D eigenvalue weighted by Gasteiger charge is 2.28. The number of hydrogen-bond acceptors (Lipinski definition) is 4. The quantitative estimate of drug-likeness (QED) is 0.796. The van der Waals surface area contributed by atoms with Gasteiger partial charge in [0.1, 0.15) is 5.69 Å². The molecule has 0 aliphatic carbocycles. The number of pyridine rings is 1. The van der Waals surface area contributed by atoms with Crippen LogP contribution in [-0.2, 0) is 31.2 Å². The molecule has 2 aromatic heterocycles. The summed E-state index contributed by atoms with van der Waals surface area (Å²) in [7, 11) is 1.95. The first-order valence-electron chi connectivity index (χ1n) is 10.6. The van der Waals surface area contributed by atoms with Crippen LogP contribution in [-0.4, -0.2) is 56.0 Å². The van der Waals surface area contributed by atoms with E-state index < -0.39 is 0 Å². The van der Waals surface area contributed by atoms with Gasteiger partial charge in [0.15, 0.2) is 0 Å². The Labute approximate surface area is 171 Å². The van der Waals surface area contributed by atoms with Crippen molar-refractivity contribution in [2.45, 2.75) is 52.0 Å². The first-order chi connectivity index (χ1) is 14.0. The van der Waals surface area contributed by atoms with E-state index in [1.165, 1.54) is 12.1 Å². The molecule has 1 saturated heterocycles. The minimum atomic E-state index is -0.0430. The molecule has 0 radical (unpaired) electrons. The molecule has 0 unspecified atom stereocenters. The standard InChI is InChI=1S/C22H29N5O2/c1-16-7-6-8-19(23-16)22(29)27-14-11-20-17(15-27)18(24-25(20)2)9-10-21(28)26-12-4-3-5-13-26/h6-8H,3-5,9-15H2,1-2H3. The van der Waals surface area contributed by atoms with E-state index in [2.05, 4.69) is 10.1 Å². The van der Waals surface area contributed by atoms with Gasteiger partial charge in [0.2, 0.25) is 5.91 Å². The van der Waals surface area contributed by atoms with Crippen molar-refractivity contribution in [2.75, 3.05) is 19.6 Å². The predicted molar refractivity (Wildman–Crippen MR) is 109 cm³/mol. The molecule has 7 heteroatoms. The van der Waals surface area contributed by atoms with E-state index in [-0.39, 0.29) is 11.8 Å². The average molecular weight is 396 g/mol. The third-order valence-corrected chi connectivity index (χ3v) is 6.00. The van der Waals surface area contributed by atoms with Crippen LogP contribution in [0, 0.1) is 6.92 Å². The Kier molecular flexibility index (Phi) is 5.65. The minimum Gasteiger partial charge on any atom is -0.343 e. The van der Waals surface area contributed by atoms with Gasteiger partial charge in [0.05, 0.1) is 5.69 Å². The number of piperidine rings is 1. The van der Waals surface area contributed by atoms with Crippen molar-refractivity contribution < 1.29 is 9.59 Å². The highest BCUT2D eigenvalue weighted by molar-refractivity contribution is 5.92. The first kappa shape index (κ1) is 19.6. The molecule has 4 rings (SSSR count). The van der Waals surface area contributed by atoms with Crippen molar-refractivity contribution in [1.82, 2.24) is 24.6 Å². The van der Waals surface area contributed by atoms with Gasteiger partial charge in [-0.2, -0.15) is 5.10 Å². The van der Waals surface area contributed by atoms with Gasteiger partial charge >= 0.3 is 0 Å². The Morgan fingerprint density at radius 2 is 1.86 bits per heavy atom. The first-order valence-corrected chi connectivity index (χ1v) is 10.6. The number of nitrogens with zero attached hydrogens (tertiary/aromatic N) is 5. The van der Waals surface area contributed by atoms with Gasteiger partial charge in [0, 0.05) is 69.4 Å². The van der Waals surface area contributed by atoms with Gasteiger partial charge in [-0.05, 0) is 38.3 Å². The van der Waals surface area contributed by atoms with Crippen LogP contribution in [0.3, 0.4) is 0 Å². The number of amides is 2. The minimum absolute atomic E-state index is 0.0430. The van der Waals surface area contributed by atoms with Gasteiger partial charge in [-0.3, -0.25) is 14.3 Å². The van der Waals surface area contributed by atoms with Crippen LogP contribution in [0.1, 0.15) is 58.8 Å². The van der Waals surface area contributed by atoms with E-state index in [0.717, 1.165) is 49.3 Å². The van der Waals surface area contributed by atoms with E-state index in [0.29, 0.717) is 31.6 Å². The molecule has 154 valence electrons. The van der Waals surface area contributed by atoms with Crippen molar-refractivity contribution >= 4 is 11.8 Å². The number of hydrogen-bond donors (Lipinski definition) is 0. The highest BCUT2D eigenvalue weighted by atomic mass is 16.2. The SMILES string of the molecule is Cc1cccc(C(=O)N2CCc3c(c(CCC(=O)N4CCCCC4)nn3C)C2)n1. The molecule has 4 heterocycles. The maximum absolute atomic E-state index is 12.9. The second-order valence-corrected chi connectivity index (χ2v) is 8.08. The van der Waals surface area contributed by atoms with Crippen molar-refractivity contribution in [1.29, 1.82) is 0 Å². The third kappa shape index (κ3) is 4.18. The van der Waals surface area contributed by atoms with Crippen molar-refractivity contribution in [2.24, 2.45) is 7.05 Å². The summed E-state index contributed by atoms with van der Waals surface area (Å²) in [6.45, 7) is 4.84. The lowest BCUT2D eigenvalue weighted by Gasteiger charge is -2.28. The Balaban J connectivity index is 1.46. The summed E-state index contributed by atoms with van der Waals surface area (Å²) in [6, 6.07) is 5.53. The molecule has 0 N–H and O–H groups in total. The zero-order valence-corrected chi connectivity index (χ0v) is 17.4. The maximum Gasteiger partial charge on any atom is 0.272 e. The van der Waals surface area contributed by atoms with E-state index >= 15 is 0 Å². The van der Waals surface area contributed by atoms with Gasteiger partial charge in [-0.1, -0.05) is 6.07 Å². The van der Waals surface area contributed by atoms with Crippen LogP contribution in [0.2, 0.25) is 0 Å². The Morgan fingerprint density at radius 3 is 2.62 bits per heavy atom. The summed E-state index contributed by atoms with van der Waals surface area (Å²) in [5.74, 6) is 0.176. The topological polar surface area (TPSA) is 71.3 Å². The lowest BCUT2D eigenvalue weighted by Crippen LogP contribution is -2.37. The van der Waals surface area contributed by atoms with Crippen molar-refractivity contribution in [3.8, 4) is 0 Å². The maximum atomic E-state index is 12.9. The van der Waals surface area contributed by atoms with Gasteiger partial charge < -0.3 is 9.80 Å². The number of aromatic nitrogens is 3. The molecule has 0 spiro atoms. The normalized spacial score (nSPS) is 16.6. The van der Waals surface area contributed by atoms with Crippen LogP contribution >= 0.6 is 0 Å². The number of fused-ring (bicyclic) bond motifs is 1. The van der Waals surface area contributed by atoms with E-state index in [1.54, 1.807) is 6.07 Å². The fourth-order valence-corrected chi connectivity index (χ4v) is 4.39. The lowest BCUT2D eigenvalue weighted by atomic mass is 10.0. The molecular weight excluding hydrogens is 366 g/mol. The fraction of sp³-hybridized carbons (Fsp3) is 0.545. The molecule has 7 nitrogen and oxygen atoms in total. The molecule has 1 fully saturated rings. The van der Waals surface area contributed by atoms with Crippen LogP contribution in [0.25, 0.3) is 0 Å². The van der Waals surface area contributed by atoms with Gasteiger partial charge in [-0.25, -0.2) is 4.98 Å². The Morgan fingerprint density at radius 1 is 1.07 bits per heavy atom. The average Bonchev–Trinajstić information content (AvgIpc) is 3.07. The molecule has 2 aromatic rings. The molecule has 2 aliphatic rings. The Bertz CT molecular complexity index is 914. The molecule has 2 aliphatic heterocycles.